The van der Waals surface area contributed by atoms with E-state index in [2.05, 4.69) is 67.7 Å². The Morgan fingerprint density at radius 3 is 1.26 bits per heavy atom. The lowest BCUT2D eigenvalue weighted by atomic mass is 9.93. The van der Waals surface area contributed by atoms with Crippen LogP contribution in [0.2, 0.25) is 36.3 Å². The van der Waals surface area contributed by atoms with Crippen molar-refractivity contribution in [3.63, 3.8) is 0 Å². The number of hydrogen-bond donors (Lipinski definition) is 1. The van der Waals surface area contributed by atoms with Gasteiger partial charge < -0.3 is 14.0 Å². The van der Waals surface area contributed by atoms with Crippen molar-refractivity contribution >= 4 is 16.6 Å². The van der Waals surface area contributed by atoms with Crippen LogP contribution in [0.3, 0.4) is 0 Å². The molecule has 1 fully saturated rings. The van der Waals surface area contributed by atoms with E-state index in [1.807, 2.05) is 0 Å². The Morgan fingerprint density at radius 1 is 0.696 bits per heavy atom. The fraction of sp³-hybridized carbons (Fsp3) is 1.00. The number of aliphatic hydroxyl groups is 1. The lowest BCUT2D eigenvalue weighted by molar-refractivity contribution is -0.0151. The van der Waals surface area contributed by atoms with Crippen molar-refractivity contribution in [2.24, 2.45) is 0 Å². The Morgan fingerprint density at radius 2 is 1.00 bits per heavy atom. The number of hydrogen-bond acceptors (Lipinski definition) is 3. The molecular weight excluding hydrogens is 320 g/mol. The normalized spacial score (nSPS) is 28.0. The zero-order valence-electron chi connectivity index (χ0n) is 17.1. The van der Waals surface area contributed by atoms with E-state index in [1.165, 1.54) is 0 Å². The molecule has 1 rings (SSSR count). The monoisotopic (exact) mass is 360 g/mol. The first kappa shape index (κ1) is 21.4. The Bertz CT molecular complexity index is 358. The maximum Gasteiger partial charge on any atom is 0.192 e. The highest BCUT2D eigenvalue weighted by Gasteiger charge is 2.44. The van der Waals surface area contributed by atoms with Gasteiger partial charge in [0.2, 0.25) is 0 Å². The average molecular weight is 361 g/mol. The van der Waals surface area contributed by atoms with E-state index < -0.39 is 16.6 Å². The predicted molar refractivity (Wildman–Crippen MR) is 104 cm³/mol. The predicted octanol–water partition coefficient (Wildman–Crippen LogP) is 5.31. The molecule has 0 aromatic rings. The fourth-order valence-electron chi connectivity index (χ4n) is 2.57. The van der Waals surface area contributed by atoms with Crippen molar-refractivity contribution in [3.8, 4) is 0 Å². The molecule has 3 nitrogen and oxygen atoms in total. The van der Waals surface area contributed by atoms with Crippen LogP contribution in [-0.2, 0) is 8.85 Å². The third-order valence-electron chi connectivity index (χ3n) is 6.13. The third kappa shape index (κ3) is 5.67. The molecule has 1 saturated carbocycles. The molecule has 0 unspecified atom stereocenters. The molecule has 0 amide bonds. The van der Waals surface area contributed by atoms with Gasteiger partial charge in [-0.05, 0) is 55.5 Å². The summed E-state index contributed by atoms with van der Waals surface area (Å²) in [7, 11) is -3.60. The van der Waals surface area contributed by atoms with Gasteiger partial charge in [-0.3, -0.25) is 0 Å². The van der Waals surface area contributed by atoms with Gasteiger partial charge >= 0.3 is 0 Å². The van der Waals surface area contributed by atoms with Gasteiger partial charge in [-0.15, -0.1) is 0 Å². The SMILES string of the molecule is CC(C)(C)[Si](C)(C)O[C@@H]1CC(O)C[C@@H](O[Si](C)(C)C(C)(C)C)C1. The van der Waals surface area contributed by atoms with E-state index in [-0.39, 0.29) is 28.4 Å². The summed E-state index contributed by atoms with van der Waals surface area (Å²) in [6.45, 7) is 22.8. The molecule has 0 spiro atoms. The van der Waals surface area contributed by atoms with Crippen LogP contribution in [0.4, 0.5) is 0 Å². The van der Waals surface area contributed by atoms with Crippen molar-refractivity contribution in [1.82, 2.24) is 0 Å². The fourth-order valence-corrected chi connectivity index (χ4v) is 5.33. The molecule has 5 heteroatoms. The number of rotatable bonds is 4. The summed E-state index contributed by atoms with van der Waals surface area (Å²) in [5.41, 5.74) is 0. The molecule has 2 atom stereocenters. The van der Waals surface area contributed by atoms with Crippen LogP contribution in [0.1, 0.15) is 60.8 Å². The van der Waals surface area contributed by atoms with Crippen molar-refractivity contribution in [3.05, 3.63) is 0 Å². The zero-order chi connectivity index (χ0) is 18.3. The highest BCUT2D eigenvalue weighted by molar-refractivity contribution is 6.74. The highest BCUT2D eigenvalue weighted by atomic mass is 28.4. The molecule has 0 radical (unpaired) electrons. The quantitative estimate of drug-likeness (QED) is 0.690. The third-order valence-corrected chi connectivity index (χ3v) is 15.2. The lowest BCUT2D eigenvalue weighted by Crippen LogP contribution is -2.50. The smallest absolute Gasteiger partial charge is 0.192 e. The van der Waals surface area contributed by atoms with Crippen molar-refractivity contribution < 1.29 is 14.0 Å². The molecule has 0 aliphatic heterocycles. The van der Waals surface area contributed by atoms with Crippen LogP contribution >= 0.6 is 0 Å². The van der Waals surface area contributed by atoms with Gasteiger partial charge in [-0.1, -0.05) is 41.5 Å². The molecule has 1 aliphatic carbocycles. The maximum absolute atomic E-state index is 10.3. The first-order valence-corrected chi connectivity index (χ1v) is 14.9. The first-order chi connectivity index (χ1) is 10.1. The zero-order valence-corrected chi connectivity index (χ0v) is 19.1. The second-order valence-corrected chi connectivity index (χ2v) is 19.9. The largest absolute Gasteiger partial charge is 0.414 e. The summed E-state index contributed by atoms with van der Waals surface area (Å²) in [4.78, 5) is 0. The molecule has 1 N–H and O–H groups in total. The second-order valence-electron chi connectivity index (χ2n) is 10.4. The van der Waals surface area contributed by atoms with E-state index >= 15 is 0 Å². The molecule has 1 aliphatic rings. The van der Waals surface area contributed by atoms with Crippen LogP contribution in [0.5, 0.6) is 0 Å². The van der Waals surface area contributed by atoms with Crippen LogP contribution in [0, 0.1) is 0 Å². The topological polar surface area (TPSA) is 38.7 Å². The van der Waals surface area contributed by atoms with Gasteiger partial charge in [0, 0.05) is 12.2 Å². The van der Waals surface area contributed by atoms with Crippen molar-refractivity contribution in [2.75, 3.05) is 0 Å². The van der Waals surface area contributed by atoms with Crippen LogP contribution in [-0.4, -0.2) is 40.1 Å². The Balaban J connectivity index is 2.77. The molecule has 23 heavy (non-hydrogen) atoms. The number of aliphatic hydroxyl groups excluding tert-OH is 1. The van der Waals surface area contributed by atoms with Crippen LogP contribution in [0.15, 0.2) is 0 Å². The van der Waals surface area contributed by atoms with Crippen LogP contribution < -0.4 is 0 Å². The molecule has 0 aromatic carbocycles. The molecule has 0 aromatic heterocycles. The minimum Gasteiger partial charge on any atom is -0.414 e. The summed E-state index contributed by atoms with van der Waals surface area (Å²) >= 11 is 0. The van der Waals surface area contributed by atoms with Gasteiger partial charge in [0.05, 0.1) is 6.10 Å². The first-order valence-electron chi connectivity index (χ1n) is 9.09. The highest BCUT2D eigenvalue weighted by Crippen LogP contribution is 2.42. The maximum atomic E-state index is 10.3. The summed E-state index contributed by atoms with van der Waals surface area (Å²) in [6.07, 6.45) is 2.40. The minimum absolute atomic E-state index is 0.134. The van der Waals surface area contributed by atoms with Gasteiger partial charge in [0.15, 0.2) is 16.6 Å². The van der Waals surface area contributed by atoms with Crippen molar-refractivity contribution in [1.29, 1.82) is 0 Å². The van der Waals surface area contributed by atoms with Gasteiger partial charge in [0.25, 0.3) is 0 Å². The van der Waals surface area contributed by atoms with Crippen LogP contribution in [0.25, 0.3) is 0 Å². The second kappa shape index (κ2) is 6.91. The molecular formula is C18H40O3Si2. The summed E-state index contributed by atoms with van der Waals surface area (Å²) in [6, 6.07) is 0. The lowest BCUT2D eigenvalue weighted by Gasteiger charge is -2.45. The van der Waals surface area contributed by atoms with Gasteiger partial charge in [0.1, 0.15) is 0 Å². The Labute approximate surface area is 146 Å². The standard InChI is InChI=1S/C18H40O3Si2/c1-17(2,3)22(7,8)20-15-11-14(19)12-16(13-15)21-23(9,10)18(4,5)6/h14-16,19H,11-13H2,1-10H3/t15-,16-/m1/s1. The van der Waals surface area contributed by atoms with Gasteiger partial charge in [-0.2, -0.15) is 0 Å². The molecule has 138 valence electrons. The molecule has 0 heterocycles. The Hall–Kier alpha value is 0.314. The molecule has 0 saturated heterocycles. The minimum atomic E-state index is -1.80. The Kier molecular flexibility index (Phi) is 6.41. The van der Waals surface area contributed by atoms with Gasteiger partial charge in [-0.25, -0.2) is 0 Å². The van der Waals surface area contributed by atoms with E-state index in [0.29, 0.717) is 0 Å². The summed E-state index contributed by atoms with van der Waals surface area (Å²) in [5, 5.41) is 10.7. The summed E-state index contributed by atoms with van der Waals surface area (Å²) in [5.74, 6) is 0. The van der Waals surface area contributed by atoms with Crippen molar-refractivity contribution in [2.45, 2.75) is 115 Å². The van der Waals surface area contributed by atoms with E-state index in [9.17, 15) is 5.11 Å². The van der Waals surface area contributed by atoms with E-state index in [1.54, 1.807) is 0 Å². The molecule has 0 bridgehead atoms. The average Bonchev–Trinajstić information content (AvgIpc) is 2.22. The summed E-state index contributed by atoms with van der Waals surface area (Å²) < 4.78 is 13.1. The van der Waals surface area contributed by atoms with E-state index in [0.717, 1.165) is 19.3 Å². The van der Waals surface area contributed by atoms with E-state index in [4.69, 9.17) is 8.85 Å².